The van der Waals surface area contributed by atoms with Crippen LogP contribution in [0.2, 0.25) is 0 Å². The second-order valence-electron chi connectivity index (χ2n) is 11.4. The molecule has 0 saturated heterocycles. The van der Waals surface area contributed by atoms with E-state index in [0.717, 1.165) is 0 Å². The topological polar surface area (TPSA) is 84.8 Å². The first kappa shape index (κ1) is 35.6. The Bertz CT molecular complexity index is 1620. The SMILES string of the molecule is CCOP(CC(O)(c1ccccc1)c1ccccc1)(c1c(OC)cccc1OC)(c1c(OC)cccc1OC)c1c(OC)cccc1OC. The standard InChI is InChI=1S/C40H45O8P/c1-8-48-49(37-31(42-2)22-15-23-32(37)43-3,38-33(44-4)24-16-25-34(38)45-5,39-35(46-6)26-17-27-36(39)47-7)28-40(41,29-18-11-9-12-19-29)30-20-13-10-14-21-30/h9-27,41H,8,28H2,1-7H3. The van der Waals surface area contributed by atoms with Gasteiger partial charge in [0.1, 0.15) is 0 Å². The molecule has 5 rings (SSSR count). The van der Waals surface area contributed by atoms with E-state index < -0.39 is 12.4 Å². The molecule has 0 aliphatic heterocycles. The molecule has 5 aromatic carbocycles. The Labute approximate surface area is 289 Å². The van der Waals surface area contributed by atoms with E-state index >= 15 is 0 Å². The van der Waals surface area contributed by atoms with Crippen LogP contribution in [0.4, 0.5) is 0 Å². The number of hydrogen-bond donors (Lipinski definition) is 1. The molecular formula is C40H45O8P. The first-order chi connectivity index (χ1) is 23.8. The van der Waals surface area contributed by atoms with Gasteiger partial charge in [0, 0.05) is 0 Å². The molecule has 9 heteroatoms. The van der Waals surface area contributed by atoms with E-state index in [1.165, 1.54) is 0 Å². The summed E-state index contributed by atoms with van der Waals surface area (Å²) in [5.41, 5.74) is -0.419. The van der Waals surface area contributed by atoms with Crippen LogP contribution in [0.3, 0.4) is 0 Å². The second-order valence-corrected chi connectivity index (χ2v) is 15.8. The minimum atomic E-state index is -4.93. The Morgan fingerprint density at radius 2 is 0.735 bits per heavy atom. The fourth-order valence-electron chi connectivity index (χ4n) is 7.20. The van der Waals surface area contributed by atoms with Crippen LogP contribution >= 0.6 is 6.83 Å². The number of ether oxygens (including phenoxy) is 6. The third kappa shape index (κ3) is 5.74. The van der Waals surface area contributed by atoms with Gasteiger partial charge in [-0.3, -0.25) is 0 Å². The van der Waals surface area contributed by atoms with E-state index in [2.05, 4.69) is 0 Å². The first-order valence-electron chi connectivity index (χ1n) is 16.0. The van der Waals surface area contributed by atoms with Crippen LogP contribution in [0.1, 0.15) is 18.1 Å². The van der Waals surface area contributed by atoms with E-state index in [9.17, 15) is 5.11 Å². The van der Waals surface area contributed by atoms with Gasteiger partial charge in [-0.2, -0.15) is 0 Å². The summed E-state index contributed by atoms with van der Waals surface area (Å²) in [4.78, 5) is 0. The van der Waals surface area contributed by atoms with Crippen LogP contribution < -0.4 is 44.3 Å². The van der Waals surface area contributed by atoms with Crippen LogP contribution in [-0.2, 0) is 10.1 Å². The van der Waals surface area contributed by atoms with Crippen molar-refractivity contribution in [2.75, 3.05) is 55.4 Å². The van der Waals surface area contributed by atoms with Crippen molar-refractivity contribution in [3.8, 4) is 34.5 Å². The summed E-state index contributed by atoms with van der Waals surface area (Å²) in [5.74, 6) is 2.80. The fraction of sp³-hybridized carbons (Fsp3) is 0.250. The molecule has 0 aromatic heterocycles. The van der Waals surface area contributed by atoms with Crippen LogP contribution in [0.15, 0.2) is 115 Å². The molecule has 0 atom stereocenters. The van der Waals surface area contributed by atoms with E-state index in [4.69, 9.17) is 32.9 Å². The zero-order valence-electron chi connectivity index (χ0n) is 29.1. The van der Waals surface area contributed by atoms with E-state index in [1.54, 1.807) is 42.7 Å². The van der Waals surface area contributed by atoms with Crippen LogP contribution in [0, 0.1) is 0 Å². The number of aliphatic hydroxyl groups is 1. The number of hydrogen-bond acceptors (Lipinski definition) is 8. The second kappa shape index (κ2) is 14.8. The number of rotatable bonds is 15. The van der Waals surface area contributed by atoms with Gasteiger partial charge in [0.25, 0.3) is 0 Å². The average molecular weight is 685 g/mol. The van der Waals surface area contributed by atoms with Crippen molar-refractivity contribution in [2.45, 2.75) is 12.5 Å². The Hall–Kier alpha value is -4.75. The summed E-state index contributed by atoms with van der Waals surface area (Å²) in [6.45, 7) is -2.82. The van der Waals surface area contributed by atoms with E-state index in [-0.39, 0.29) is 12.8 Å². The summed E-state index contributed by atoms with van der Waals surface area (Å²) in [5, 5.41) is 15.5. The van der Waals surface area contributed by atoms with Crippen molar-refractivity contribution >= 4 is 22.7 Å². The number of methoxy groups -OCH3 is 6. The molecule has 0 fully saturated rings. The molecule has 49 heavy (non-hydrogen) atoms. The summed E-state index contributed by atoms with van der Waals surface area (Å²) in [6.07, 6.45) is -0.0787. The molecule has 5 aromatic rings. The molecule has 0 radical (unpaired) electrons. The van der Waals surface area contributed by atoms with Crippen molar-refractivity contribution in [3.63, 3.8) is 0 Å². The molecule has 0 unspecified atom stereocenters. The zero-order chi connectivity index (χ0) is 35.1. The summed E-state index contributed by atoms with van der Waals surface area (Å²) >= 11 is 0. The van der Waals surface area contributed by atoms with Gasteiger partial charge < -0.3 is 0 Å². The third-order valence-electron chi connectivity index (χ3n) is 9.07. The monoisotopic (exact) mass is 684 g/mol. The zero-order valence-corrected chi connectivity index (χ0v) is 30.0. The predicted octanol–water partition coefficient (Wildman–Crippen LogP) is 6.46. The Morgan fingerprint density at radius 1 is 0.449 bits per heavy atom. The summed E-state index contributed by atoms with van der Waals surface area (Å²) in [7, 11) is 9.64. The summed E-state index contributed by atoms with van der Waals surface area (Å²) < 4.78 is 45.2. The predicted molar refractivity (Wildman–Crippen MR) is 197 cm³/mol. The van der Waals surface area contributed by atoms with Crippen molar-refractivity contribution in [3.05, 3.63) is 126 Å². The normalized spacial score (nSPS) is 12.4. The van der Waals surface area contributed by atoms with Crippen LogP contribution in [0.25, 0.3) is 0 Å². The first-order valence-corrected chi connectivity index (χ1v) is 18.3. The minimum absolute atomic E-state index is 0.0787. The maximum atomic E-state index is 13.8. The maximum absolute atomic E-state index is 13.8. The van der Waals surface area contributed by atoms with Gasteiger partial charge in [-0.05, 0) is 0 Å². The molecule has 0 aliphatic rings. The fourth-order valence-corrected chi connectivity index (χ4v) is 14.4. The van der Waals surface area contributed by atoms with E-state index in [0.29, 0.717) is 61.5 Å². The van der Waals surface area contributed by atoms with Crippen LogP contribution in [-0.4, -0.2) is 60.5 Å². The molecule has 258 valence electrons. The molecule has 0 aliphatic carbocycles. The van der Waals surface area contributed by atoms with Gasteiger partial charge in [0.2, 0.25) is 0 Å². The quantitative estimate of drug-likeness (QED) is 0.126. The average Bonchev–Trinajstić information content (AvgIpc) is 3.17. The van der Waals surface area contributed by atoms with Crippen molar-refractivity contribution in [1.29, 1.82) is 0 Å². The molecule has 8 nitrogen and oxygen atoms in total. The van der Waals surface area contributed by atoms with E-state index in [1.807, 2.05) is 122 Å². The van der Waals surface area contributed by atoms with Gasteiger partial charge in [0.05, 0.1) is 0 Å². The molecule has 0 bridgehead atoms. The molecular weight excluding hydrogens is 639 g/mol. The molecule has 0 spiro atoms. The van der Waals surface area contributed by atoms with Gasteiger partial charge in [-0.25, -0.2) is 0 Å². The van der Waals surface area contributed by atoms with Gasteiger partial charge in [-0.15, -0.1) is 0 Å². The summed E-state index contributed by atoms with van der Waals surface area (Å²) in [6, 6.07) is 36.0. The molecule has 0 heterocycles. The van der Waals surface area contributed by atoms with Crippen molar-refractivity contribution in [1.82, 2.24) is 0 Å². The van der Waals surface area contributed by atoms with Gasteiger partial charge in [0.15, 0.2) is 0 Å². The van der Waals surface area contributed by atoms with Crippen molar-refractivity contribution in [2.24, 2.45) is 0 Å². The Kier molecular flexibility index (Phi) is 10.7. The van der Waals surface area contributed by atoms with Crippen molar-refractivity contribution < 1.29 is 38.1 Å². The Balaban J connectivity index is 2.24. The van der Waals surface area contributed by atoms with Gasteiger partial charge >= 0.3 is 290 Å². The molecule has 0 amide bonds. The van der Waals surface area contributed by atoms with Gasteiger partial charge in [-0.1, -0.05) is 0 Å². The number of benzene rings is 5. The van der Waals surface area contributed by atoms with Crippen LogP contribution in [0.5, 0.6) is 34.5 Å². The molecule has 0 saturated carbocycles. The Morgan fingerprint density at radius 3 is 0.980 bits per heavy atom. The molecule has 1 N–H and O–H groups in total. The third-order valence-corrected chi connectivity index (χ3v) is 15.1.